The van der Waals surface area contributed by atoms with Gasteiger partial charge in [0.2, 0.25) is 0 Å². The van der Waals surface area contributed by atoms with Gasteiger partial charge in [-0.3, -0.25) is 4.68 Å². The molecule has 0 aliphatic carbocycles. The average molecular weight is 262 g/mol. The minimum atomic E-state index is 0.652. The van der Waals surface area contributed by atoms with E-state index in [2.05, 4.69) is 29.0 Å². The lowest BCUT2D eigenvalue weighted by atomic mass is 10.1. The standard InChI is InChI=1S/C13H22N6/c1-4-7-18-13(15-9-16-18)8-19-11(3)12(5-6-14)10(2)17-19/h9H,4-8,14H2,1-3H3. The number of aryl methyl sites for hydroxylation is 2. The normalized spacial score (nSPS) is 11.2. The molecular weight excluding hydrogens is 240 g/mol. The van der Waals surface area contributed by atoms with Gasteiger partial charge in [0.25, 0.3) is 0 Å². The van der Waals surface area contributed by atoms with E-state index in [0.29, 0.717) is 13.1 Å². The van der Waals surface area contributed by atoms with Gasteiger partial charge in [-0.2, -0.15) is 10.2 Å². The van der Waals surface area contributed by atoms with E-state index < -0.39 is 0 Å². The summed E-state index contributed by atoms with van der Waals surface area (Å²) in [4.78, 5) is 4.32. The highest BCUT2D eigenvalue weighted by Crippen LogP contribution is 2.14. The van der Waals surface area contributed by atoms with Crippen LogP contribution in [-0.2, 0) is 19.5 Å². The molecule has 0 saturated heterocycles. The maximum absolute atomic E-state index is 5.64. The number of rotatable bonds is 6. The lowest BCUT2D eigenvalue weighted by Crippen LogP contribution is -2.12. The van der Waals surface area contributed by atoms with Crippen molar-refractivity contribution in [3.8, 4) is 0 Å². The molecule has 0 aromatic carbocycles. The Balaban J connectivity index is 2.23. The number of hydrogen-bond donors (Lipinski definition) is 1. The Morgan fingerprint density at radius 2 is 2.05 bits per heavy atom. The van der Waals surface area contributed by atoms with E-state index in [1.54, 1.807) is 6.33 Å². The summed E-state index contributed by atoms with van der Waals surface area (Å²) in [6.07, 6.45) is 3.53. The number of hydrogen-bond acceptors (Lipinski definition) is 4. The summed E-state index contributed by atoms with van der Waals surface area (Å²) >= 11 is 0. The van der Waals surface area contributed by atoms with Crippen molar-refractivity contribution >= 4 is 0 Å². The van der Waals surface area contributed by atoms with Crippen LogP contribution in [0.1, 0.15) is 36.1 Å². The van der Waals surface area contributed by atoms with Crippen molar-refractivity contribution < 1.29 is 0 Å². The fraction of sp³-hybridized carbons (Fsp3) is 0.615. The SMILES string of the molecule is CCCn1ncnc1Cn1nc(C)c(CCN)c1C. The van der Waals surface area contributed by atoms with Crippen LogP contribution in [0.15, 0.2) is 6.33 Å². The molecule has 0 aliphatic heterocycles. The Labute approximate surface area is 113 Å². The summed E-state index contributed by atoms with van der Waals surface area (Å²) in [5.74, 6) is 0.951. The fourth-order valence-electron chi connectivity index (χ4n) is 2.34. The van der Waals surface area contributed by atoms with Gasteiger partial charge in [0.05, 0.1) is 5.69 Å². The molecule has 6 heteroatoms. The highest BCUT2D eigenvalue weighted by atomic mass is 15.4. The molecule has 0 radical (unpaired) electrons. The zero-order valence-corrected chi connectivity index (χ0v) is 11.9. The fourth-order valence-corrected chi connectivity index (χ4v) is 2.34. The van der Waals surface area contributed by atoms with E-state index in [-0.39, 0.29) is 0 Å². The second-order valence-corrected chi connectivity index (χ2v) is 4.75. The van der Waals surface area contributed by atoms with Crippen LogP contribution in [0.4, 0.5) is 0 Å². The molecule has 19 heavy (non-hydrogen) atoms. The minimum absolute atomic E-state index is 0.652. The lowest BCUT2D eigenvalue weighted by Gasteiger charge is -2.07. The molecule has 0 fully saturated rings. The monoisotopic (exact) mass is 262 g/mol. The second-order valence-electron chi connectivity index (χ2n) is 4.75. The third-order valence-corrected chi connectivity index (χ3v) is 3.35. The van der Waals surface area contributed by atoms with Crippen LogP contribution >= 0.6 is 0 Å². The van der Waals surface area contributed by atoms with Crippen molar-refractivity contribution in [2.45, 2.75) is 46.7 Å². The molecule has 0 atom stereocenters. The molecule has 2 aromatic heterocycles. The summed E-state index contributed by atoms with van der Waals surface area (Å²) in [6.45, 7) is 8.46. The summed E-state index contributed by atoms with van der Waals surface area (Å²) in [6, 6.07) is 0. The largest absolute Gasteiger partial charge is 0.330 e. The zero-order valence-electron chi connectivity index (χ0n) is 11.9. The van der Waals surface area contributed by atoms with Gasteiger partial charge in [0.15, 0.2) is 0 Å². The molecule has 0 bridgehead atoms. The molecule has 2 heterocycles. The van der Waals surface area contributed by atoms with Gasteiger partial charge in [-0.25, -0.2) is 9.67 Å². The van der Waals surface area contributed by atoms with Crippen LogP contribution in [0.5, 0.6) is 0 Å². The van der Waals surface area contributed by atoms with Crippen LogP contribution < -0.4 is 5.73 Å². The van der Waals surface area contributed by atoms with Crippen LogP contribution in [0, 0.1) is 13.8 Å². The maximum Gasteiger partial charge on any atom is 0.148 e. The van der Waals surface area contributed by atoms with Crippen LogP contribution in [-0.4, -0.2) is 31.1 Å². The Kier molecular flexibility index (Phi) is 4.31. The molecule has 2 aromatic rings. The van der Waals surface area contributed by atoms with Gasteiger partial charge < -0.3 is 5.73 Å². The van der Waals surface area contributed by atoms with E-state index >= 15 is 0 Å². The van der Waals surface area contributed by atoms with E-state index in [0.717, 1.165) is 30.9 Å². The van der Waals surface area contributed by atoms with Gasteiger partial charge in [0, 0.05) is 12.2 Å². The molecular formula is C13H22N6. The predicted molar refractivity (Wildman–Crippen MR) is 73.9 cm³/mol. The first-order valence-electron chi connectivity index (χ1n) is 6.77. The average Bonchev–Trinajstić information content (AvgIpc) is 2.91. The maximum atomic E-state index is 5.64. The Morgan fingerprint density at radius 3 is 2.74 bits per heavy atom. The molecule has 2 rings (SSSR count). The number of nitrogens with zero attached hydrogens (tertiary/aromatic N) is 5. The molecule has 0 aliphatic rings. The topological polar surface area (TPSA) is 74.5 Å². The first-order valence-corrected chi connectivity index (χ1v) is 6.77. The molecule has 0 amide bonds. The van der Waals surface area contributed by atoms with Crippen molar-refractivity contribution in [1.29, 1.82) is 0 Å². The summed E-state index contributed by atoms with van der Waals surface area (Å²) in [7, 11) is 0. The van der Waals surface area contributed by atoms with Crippen molar-refractivity contribution in [3.63, 3.8) is 0 Å². The third kappa shape index (κ3) is 2.84. The molecule has 0 saturated carbocycles. The molecule has 0 spiro atoms. The van der Waals surface area contributed by atoms with Crippen molar-refractivity contribution in [3.05, 3.63) is 29.1 Å². The van der Waals surface area contributed by atoms with E-state index in [4.69, 9.17) is 5.73 Å². The third-order valence-electron chi connectivity index (χ3n) is 3.35. The van der Waals surface area contributed by atoms with E-state index in [1.807, 2.05) is 16.3 Å². The Bertz CT molecular complexity index is 539. The molecule has 104 valence electrons. The van der Waals surface area contributed by atoms with Gasteiger partial charge in [-0.1, -0.05) is 6.92 Å². The van der Waals surface area contributed by atoms with Gasteiger partial charge in [-0.05, 0) is 38.8 Å². The smallest absolute Gasteiger partial charge is 0.148 e. The minimum Gasteiger partial charge on any atom is -0.330 e. The van der Waals surface area contributed by atoms with E-state index in [1.165, 1.54) is 11.3 Å². The highest BCUT2D eigenvalue weighted by Gasteiger charge is 2.13. The first kappa shape index (κ1) is 13.7. The van der Waals surface area contributed by atoms with Crippen LogP contribution in [0.25, 0.3) is 0 Å². The summed E-state index contributed by atoms with van der Waals surface area (Å²) in [5.41, 5.74) is 9.13. The van der Waals surface area contributed by atoms with E-state index in [9.17, 15) is 0 Å². The summed E-state index contributed by atoms with van der Waals surface area (Å²) < 4.78 is 3.94. The molecule has 6 nitrogen and oxygen atoms in total. The van der Waals surface area contributed by atoms with Gasteiger partial charge in [-0.15, -0.1) is 0 Å². The number of aromatic nitrogens is 5. The molecule has 0 unspecified atom stereocenters. The van der Waals surface area contributed by atoms with Crippen LogP contribution in [0.3, 0.4) is 0 Å². The Hall–Kier alpha value is -1.69. The first-order chi connectivity index (χ1) is 9.17. The van der Waals surface area contributed by atoms with Crippen molar-refractivity contribution in [2.75, 3.05) is 6.54 Å². The zero-order chi connectivity index (χ0) is 13.8. The molecule has 2 N–H and O–H groups in total. The quantitative estimate of drug-likeness (QED) is 0.844. The van der Waals surface area contributed by atoms with Crippen molar-refractivity contribution in [1.82, 2.24) is 24.5 Å². The van der Waals surface area contributed by atoms with Gasteiger partial charge >= 0.3 is 0 Å². The highest BCUT2D eigenvalue weighted by molar-refractivity contribution is 5.25. The predicted octanol–water partition coefficient (Wildman–Crippen LogP) is 1.05. The van der Waals surface area contributed by atoms with Crippen LogP contribution in [0.2, 0.25) is 0 Å². The lowest BCUT2D eigenvalue weighted by molar-refractivity contribution is 0.533. The van der Waals surface area contributed by atoms with Gasteiger partial charge in [0.1, 0.15) is 18.7 Å². The van der Waals surface area contributed by atoms with Crippen molar-refractivity contribution in [2.24, 2.45) is 5.73 Å². The second kappa shape index (κ2) is 5.97. The Morgan fingerprint density at radius 1 is 1.26 bits per heavy atom. The summed E-state index contributed by atoms with van der Waals surface area (Å²) in [5, 5.41) is 8.83. The number of nitrogens with two attached hydrogens (primary N) is 1.